The van der Waals surface area contributed by atoms with Gasteiger partial charge in [0.2, 0.25) is 0 Å². The molecule has 0 bridgehead atoms. The first-order valence-corrected chi connectivity index (χ1v) is 10.7. The van der Waals surface area contributed by atoms with Crippen LogP contribution >= 0.6 is 95.6 Å². The molecule has 0 unspecified atom stereocenters. The Balaban J connectivity index is 2.57. The number of rotatable bonds is 2. The summed E-state index contributed by atoms with van der Waals surface area (Å²) in [7, 11) is 1.59. The lowest BCUT2D eigenvalue weighted by molar-refractivity contribution is 0.402. The molecule has 23 heavy (non-hydrogen) atoms. The maximum Gasteiger partial charge on any atom is 0.194 e. The third-order valence-corrected chi connectivity index (χ3v) is 4.93. The predicted octanol–water partition coefficient (Wildman–Crippen LogP) is 6.05. The van der Waals surface area contributed by atoms with Gasteiger partial charge in [-0.25, -0.2) is 9.98 Å². The standard InChI is InChI=1S/C12H9Br6N3O2/c1-5(7-6(22-2)3-4-23-7)8-19-9(11(13,14)15)21-10(20-8)12(16,17)18/h3-4H,1-2H3,(H,19,20,21). The summed E-state index contributed by atoms with van der Waals surface area (Å²) in [5.41, 5.74) is 0.769. The van der Waals surface area contributed by atoms with Crippen LogP contribution in [0.1, 0.15) is 12.7 Å². The van der Waals surface area contributed by atoms with Crippen LogP contribution in [0.4, 0.5) is 0 Å². The second-order valence-electron chi connectivity index (χ2n) is 4.31. The van der Waals surface area contributed by atoms with E-state index >= 15 is 0 Å². The number of allylic oxidation sites excluding steroid dienone is 1. The van der Waals surface area contributed by atoms with E-state index in [1.165, 1.54) is 0 Å². The maximum absolute atomic E-state index is 5.51. The zero-order chi connectivity index (χ0) is 17.4. The van der Waals surface area contributed by atoms with E-state index in [-0.39, 0.29) is 0 Å². The van der Waals surface area contributed by atoms with E-state index in [0.29, 0.717) is 29.0 Å². The summed E-state index contributed by atoms with van der Waals surface area (Å²) in [4.78, 5) is 8.99. The Kier molecular flexibility index (Phi) is 6.67. The fourth-order valence-electron chi connectivity index (χ4n) is 1.68. The topological polar surface area (TPSA) is 59.1 Å². The largest absolute Gasteiger partial charge is 0.493 e. The van der Waals surface area contributed by atoms with Gasteiger partial charge in [0.1, 0.15) is 11.7 Å². The van der Waals surface area contributed by atoms with Crippen LogP contribution in [0.5, 0.6) is 5.75 Å². The van der Waals surface area contributed by atoms with Gasteiger partial charge < -0.3 is 14.5 Å². The van der Waals surface area contributed by atoms with Gasteiger partial charge in [0, 0.05) is 11.6 Å². The number of nitrogens with zero attached hydrogens (tertiary/aromatic N) is 2. The minimum absolute atomic E-state index is 0.467. The number of aliphatic imine (C=N–C) groups is 2. The molecule has 0 atom stereocenters. The van der Waals surface area contributed by atoms with Crippen molar-refractivity contribution in [1.82, 2.24) is 5.32 Å². The molecule has 1 aliphatic heterocycles. The van der Waals surface area contributed by atoms with Gasteiger partial charge in [-0.05, 0) is 6.92 Å². The van der Waals surface area contributed by atoms with Gasteiger partial charge in [-0.2, -0.15) is 0 Å². The molecule has 0 spiro atoms. The van der Waals surface area contributed by atoms with E-state index in [1.54, 1.807) is 19.4 Å². The van der Waals surface area contributed by atoms with Gasteiger partial charge in [0.15, 0.2) is 21.6 Å². The summed E-state index contributed by atoms with van der Waals surface area (Å²) in [5.74, 6) is 2.82. The molecule has 11 heteroatoms. The molecular weight excluding hydrogens is 698 g/mol. The Bertz CT molecular complexity index is 696. The number of methoxy groups -OCH3 is 1. The number of furan rings is 1. The van der Waals surface area contributed by atoms with Crippen molar-refractivity contribution < 1.29 is 9.15 Å². The van der Waals surface area contributed by atoms with E-state index in [2.05, 4.69) is 111 Å². The molecule has 0 aromatic carbocycles. The highest BCUT2D eigenvalue weighted by Gasteiger charge is 2.35. The van der Waals surface area contributed by atoms with Crippen molar-refractivity contribution in [3.05, 3.63) is 23.9 Å². The summed E-state index contributed by atoms with van der Waals surface area (Å²) in [6, 6.07) is 1.75. The third kappa shape index (κ3) is 4.93. The summed E-state index contributed by atoms with van der Waals surface area (Å²) in [6.07, 6.45) is 1.56. The number of amidine groups is 2. The van der Waals surface area contributed by atoms with Gasteiger partial charge in [0.25, 0.3) is 0 Å². The molecule has 2 rings (SSSR count). The highest BCUT2D eigenvalue weighted by molar-refractivity contribution is 9.40. The van der Waals surface area contributed by atoms with Crippen LogP contribution in [0.2, 0.25) is 0 Å². The molecule has 0 radical (unpaired) electrons. The lowest BCUT2D eigenvalue weighted by Gasteiger charge is -2.25. The van der Waals surface area contributed by atoms with Crippen LogP contribution in [-0.4, -0.2) is 23.1 Å². The van der Waals surface area contributed by atoms with Crippen LogP contribution < -0.4 is 10.1 Å². The predicted molar refractivity (Wildman–Crippen MR) is 115 cm³/mol. The minimum atomic E-state index is -0.766. The van der Waals surface area contributed by atoms with Crippen molar-refractivity contribution in [2.45, 2.75) is 11.2 Å². The van der Waals surface area contributed by atoms with Crippen LogP contribution in [-0.2, 0) is 0 Å². The molecule has 1 aliphatic rings. The number of alkyl halides is 6. The first kappa shape index (κ1) is 20.2. The normalized spacial score (nSPS) is 18.1. The Morgan fingerprint density at radius 3 is 2.30 bits per heavy atom. The SMILES string of the molecule is COc1ccoc1/C(C)=C1\N=C(C(Br)(Br)Br)N=C(C(Br)(Br)Br)N1. The average molecular weight is 707 g/mol. The molecule has 5 nitrogen and oxygen atoms in total. The molecule has 0 aliphatic carbocycles. The van der Waals surface area contributed by atoms with Gasteiger partial charge >= 0.3 is 0 Å². The van der Waals surface area contributed by atoms with E-state index < -0.39 is 4.29 Å². The molecule has 0 saturated carbocycles. The number of hydrogen-bond donors (Lipinski definition) is 1. The zero-order valence-corrected chi connectivity index (χ0v) is 21.1. The molecular formula is C12H9Br6N3O2. The fraction of sp³-hybridized carbons (Fsp3) is 0.333. The molecule has 1 aromatic rings. The number of halogens is 6. The van der Waals surface area contributed by atoms with Gasteiger partial charge in [0.05, 0.1) is 13.4 Å². The zero-order valence-electron chi connectivity index (χ0n) is 11.6. The minimum Gasteiger partial charge on any atom is -0.493 e. The van der Waals surface area contributed by atoms with E-state index in [0.717, 1.165) is 5.57 Å². The number of nitrogens with one attached hydrogen (secondary N) is 1. The highest BCUT2D eigenvalue weighted by Crippen LogP contribution is 2.41. The van der Waals surface area contributed by atoms with Gasteiger partial charge in [-0.3, -0.25) is 0 Å². The van der Waals surface area contributed by atoms with Crippen molar-refractivity contribution in [2.24, 2.45) is 9.98 Å². The van der Waals surface area contributed by atoms with E-state index in [1.807, 2.05) is 6.92 Å². The monoisotopic (exact) mass is 701 g/mol. The first-order chi connectivity index (χ1) is 10.5. The Labute approximate surface area is 183 Å². The molecule has 0 fully saturated rings. The quantitative estimate of drug-likeness (QED) is 0.381. The number of hydrogen-bond acceptors (Lipinski definition) is 5. The second-order valence-corrected chi connectivity index (χ2v) is 17.8. The van der Waals surface area contributed by atoms with E-state index in [4.69, 9.17) is 9.15 Å². The first-order valence-electron chi connectivity index (χ1n) is 5.95. The Morgan fingerprint density at radius 1 is 1.13 bits per heavy atom. The summed E-state index contributed by atoms with van der Waals surface area (Å²) >= 11 is 20.7. The van der Waals surface area contributed by atoms with Gasteiger partial charge in [-0.1, -0.05) is 95.6 Å². The van der Waals surface area contributed by atoms with Crippen LogP contribution in [0.3, 0.4) is 0 Å². The van der Waals surface area contributed by atoms with E-state index in [9.17, 15) is 0 Å². The summed E-state index contributed by atoms with van der Waals surface area (Å²) < 4.78 is 9.31. The Hall–Kier alpha value is 0.840. The molecule has 0 amide bonds. The molecule has 1 aromatic heterocycles. The third-order valence-electron chi connectivity index (χ3n) is 2.74. The summed E-state index contributed by atoms with van der Waals surface area (Å²) in [5, 5.41) is 3.16. The lowest BCUT2D eigenvalue weighted by atomic mass is 10.2. The van der Waals surface area contributed by atoms with Crippen LogP contribution in [0, 0.1) is 0 Å². The highest BCUT2D eigenvalue weighted by atomic mass is 80.0. The number of ether oxygens (including phenoxy) is 1. The van der Waals surface area contributed by atoms with Crippen molar-refractivity contribution in [1.29, 1.82) is 0 Å². The smallest absolute Gasteiger partial charge is 0.194 e. The summed E-state index contributed by atoms with van der Waals surface area (Å²) in [6.45, 7) is 1.88. The second kappa shape index (κ2) is 7.61. The molecule has 126 valence electrons. The average Bonchev–Trinajstić information content (AvgIpc) is 2.92. The van der Waals surface area contributed by atoms with Gasteiger partial charge in [-0.15, -0.1) is 0 Å². The lowest BCUT2D eigenvalue weighted by Crippen LogP contribution is -2.39. The van der Waals surface area contributed by atoms with Crippen molar-refractivity contribution in [3.63, 3.8) is 0 Å². The Morgan fingerprint density at radius 2 is 1.78 bits per heavy atom. The molecule has 2 heterocycles. The van der Waals surface area contributed by atoms with Crippen molar-refractivity contribution >= 4 is 113 Å². The van der Waals surface area contributed by atoms with Crippen LogP contribution in [0.15, 0.2) is 32.6 Å². The van der Waals surface area contributed by atoms with Crippen LogP contribution in [0.25, 0.3) is 5.57 Å². The molecule has 0 saturated heterocycles. The molecule has 1 N–H and O–H groups in total. The van der Waals surface area contributed by atoms with Crippen molar-refractivity contribution in [2.75, 3.05) is 7.11 Å². The maximum atomic E-state index is 5.51. The fourth-order valence-corrected chi connectivity index (χ4v) is 2.78. The van der Waals surface area contributed by atoms with Crippen molar-refractivity contribution in [3.8, 4) is 5.75 Å².